The van der Waals surface area contributed by atoms with Gasteiger partial charge in [0.1, 0.15) is 0 Å². The van der Waals surface area contributed by atoms with Crippen molar-refractivity contribution in [1.82, 2.24) is 31.1 Å². The SMILES string of the molecule is CC(=O)N(O)CCCCCNC(=O)CCC(=O)N(O)CCCCCNC(=O)CCC(=O)N(O)CCCCCNC(=O)/C(C)=C/C=C(\C)N=[N+]=[N-]. The number of azide groups is 1. The van der Waals surface area contributed by atoms with Crippen LogP contribution in [0.1, 0.15) is 104 Å². The van der Waals surface area contributed by atoms with Crippen LogP contribution in [0.2, 0.25) is 0 Å². The Morgan fingerprint density at radius 1 is 0.600 bits per heavy atom. The standard InChI is InChI=1S/C32H55N9O9/c1-25(13-14-26(2)37-38-33)32(47)36-21-9-6-12-24-41(50)31(46)18-16-29(44)35-20-8-5-11-23-40(49)30(45)17-15-28(43)34-19-7-4-10-22-39(48)27(3)42/h13-14,48-50H,4-12,15-24H2,1-3H3,(H,34,43)(H,35,44)(H,36,47)/b25-13+,26-14+. The van der Waals surface area contributed by atoms with Crippen molar-refractivity contribution in [1.29, 1.82) is 0 Å². The largest absolute Gasteiger partial charge is 0.356 e. The van der Waals surface area contributed by atoms with Gasteiger partial charge >= 0.3 is 0 Å². The molecule has 50 heavy (non-hydrogen) atoms. The van der Waals surface area contributed by atoms with E-state index in [-0.39, 0.29) is 63.0 Å². The summed E-state index contributed by atoms with van der Waals surface area (Å²) in [6.45, 7) is 6.10. The zero-order valence-electron chi connectivity index (χ0n) is 29.6. The first kappa shape index (κ1) is 45.5. The molecule has 0 aliphatic rings. The molecule has 0 bridgehead atoms. The second-order valence-electron chi connectivity index (χ2n) is 11.7. The maximum Gasteiger partial charge on any atom is 0.246 e. The molecule has 0 heterocycles. The fraction of sp³-hybridized carbons (Fsp3) is 0.688. The molecule has 0 aliphatic carbocycles. The minimum Gasteiger partial charge on any atom is -0.356 e. The van der Waals surface area contributed by atoms with Crippen molar-refractivity contribution in [2.45, 2.75) is 104 Å². The molecule has 0 saturated carbocycles. The predicted octanol–water partition coefficient (Wildman–Crippen LogP) is 3.24. The van der Waals surface area contributed by atoms with Crippen molar-refractivity contribution in [3.8, 4) is 0 Å². The highest BCUT2D eigenvalue weighted by molar-refractivity contribution is 5.93. The zero-order chi connectivity index (χ0) is 37.7. The Labute approximate surface area is 293 Å². The number of amides is 6. The van der Waals surface area contributed by atoms with Crippen LogP contribution in [0.5, 0.6) is 0 Å². The van der Waals surface area contributed by atoms with E-state index >= 15 is 0 Å². The zero-order valence-corrected chi connectivity index (χ0v) is 29.6. The summed E-state index contributed by atoms with van der Waals surface area (Å²) < 4.78 is 0. The van der Waals surface area contributed by atoms with Crippen molar-refractivity contribution in [2.75, 3.05) is 39.3 Å². The molecule has 0 aromatic rings. The summed E-state index contributed by atoms with van der Waals surface area (Å²) in [6.07, 6.45) is 8.12. The van der Waals surface area contributed by atoms with Crippen LogP contribution in [-0.2, 0) is 28.8 Å². The van der Waals surface area contributed by atoms with Crippen molar-refractivity contribution in [3.63, 3.8) is 0 Å². The lowest BCUT2D eigenvalue weighted by atomic mass is 10.2. The molecule has 18 nitrogen and oxygen atoms in total. The molecule has 0 radical (unpaired) electrons. The molecule has 0 unspecified atom stereocenters. The molecular formula is C32H55N9O9. The van der Waals surface area contributed by atoms with E-state index < -0.39 is 17.7 Å². The quantitative estimate of drug-likeness (QED) is 0.0107. The van der Waals surface area contributed by atoms with Gasteiger partial charge in [-0.15, -0.1) is 0 Å². The maximum atomic E-state index is 12.1. The molecule has 0 aliphatic heterocycles. The van der Waals surface area contributed by atoms with Crippen LogP contribution in [0, 0.1) is 0 Å². The van der Waals surface area contributed by atoms with E-state index in [0.29, 0.717) is 104 Å². The number of hydroxylamine groups is 6. The Balaban J connectivity index is 3.88. The molecule has 282 valence electrons. The number of unbranched alkanes of at least 4 members (excludes halogenated alkanes) is 6. The summed E-state index contributed by atoms with van der Waals surface area (Å²) in [5.41, 5.74) is 9.27. The second-order valence-corrected chi connectivity index (χ2v) is 11.7. The number of rotatable bonds is 27. The van der Waals surface area contributed by atoms with Crippen LogP contribution in [-0.4, -0.2) is 106 Å². The summed E-state index contributed by atoms with van der Waals surface area (Å²) in [4.78, 5) is 73.8. The van der Waals surface area contributed by atoms with Gasteiger partial charge in [0.25, 0.3) is 0 Å². The van der Waals surface area contributed by atoms with Gasteiger partial charge in [0.2, 0.25) is 35.4 Å². The highest BCUT2D eigenvalue weighted by atomic mass is 16.5. The number of nitrogens with one attached hydrogen (secondary N) is 3. The first-order valence-electron chi connectivity index (χ1n) is 17.0. The van der Waals surface area contributed by atoms with E-state index in [1.807, 2.05) is 0 Å². The lowest BCUT2D eigenvalue weighted by molar-refractivity contribution is -0.166. The third kappa shape index (κ3) is 24.6. The highest BCUT2D eigenvalue weighted by Gasteiger charge is 2.14. The van der Waals surface area contributed by atoms with Crippen molar-refractivity contribution in [2.24, 2.45) is 5.11 Å². The molecule has 0 saturated heterocycles. The van der Waals surface area contributed by atoms with Gasteiger partial charge in [-0.2, -0.15) is 0 Å². The monoisotopic (exact) mass is 709 g/mol. The summed E-state index contributed by atoms with van der Waals surface area (Å²) in [5.74, 6) is -2.47. The molecule has 0 atom stereocenters. The fourth-order valence-corrected chi connectivity index (χ4v) is 4.19. The number of hydrogen-bond donors (Lipinski definition) is 6. The average molecular weight is 710 g/mol. The minimum atomic E-state index is -0.569. The van der Waals surface area contributed by atoms with Gasteiger partial charge in [-0.05, 0) is 77.2 Å². The molecule has 0 fully saturated rings. The molecule has 18 heteroatoms. The van der Waals surface area contributed by atoms with E-state index in [1.54, 1.807) is 26.0 Å². The Bertz CT molecular complexity index is 1200. The normalized spacial score (nSPS) is 11.2. The number of carbonyl (C=O) groups is 6. The maximum absolute atomic E-state index is 12.1. The molecule has 0 aromatic heterocycles. The van der Waals surface area contributed by atoms with Gasteiger partial charge in [-0.25, -0.2) is 15.2 Å². The topological polar surface area (TPSA) is 258 Å². The summed E-state index contributed by atoms with van der Waals surface area (Å²) in [5, 5.41) is 42.5. The van der Waals surface area contributed by atoms with Crippen molar-refractivity contribution in [3.05, 3.63) is 33.9 Å². The van der Waals surface area contributed by atoms with Crippen molar-refractivity contribution >= 4 is 35.4 Å². The Morgan fingerprint density at radius 2 is 1.02 bits per heavy atom. The molecule has 6 N–H and O–H groups in total. The smallest absolute Gasteiger partial charge is 0.246 e. The third-order valence-electron chi connectivity index (χ3n) is 7.28. The van der Waals surface area contributed by atoms with E-state index in [2.05, 4.69) is 26.0 Å². The minimum absolute atomic E-state index is 0.0606. The van der Waals surface area contributed by atoms with E-state index in [9.17, 15) is 44.4 Å². The lowest BCUT2D eigenvalue weighted by Gasteiger charge is -2.15. The lowest BCUT2D eigenvalue weighted by Crippen LogP contribution is -2.31. The molecule has 0 spiro atoms. The molecule has 0 aromatic carbocycles. The Morgan fingerprint density at radius 3 is 1.44 bits per heavy atom. The third-order valence-corrected chi connectivity index (χ3v) is 7.28. The highest BCUT2D eigenvalue weighted by Crippen LogP contribution is 2.04. The number of hydrogen-bond acceptors (Lipinski definition) is 10. The Kier molecular flexibility index (Phi) is 25.8. The summed E-state index contributed by atoms with van der Waals surface area (Å²) in [7, 11) is 0. The van der Waals surface area contributed by atoms with Gasteiger partial charge in [0.15, 0.2) is 0 Å². The molecule has 6 amide bonds. The van der Waals surface area contributed by atoms with Crippen LogP contribution < -0.4 is 16.0 Å². The number of carbonyl (C=O) groups excluding carboxylic acids is 6. The molecule has 0 rings (SSSR count). The predicted molar refractivity (Wildman–Crippen MR) is 182 cm³/mol. The van der Waals surface area contributed by atoms with Crippen LogP contribution in [0.3, 0.4) is 0 Å². The molecular weight excluding hydrogens is 654 g/mol. The van der Waals surface area contributed by atoms with Gasteiger partial charge in [-0.3, -0.25) is 44.4 Å². The van der Waals surface area contributed by atoms with E-state index in [0.717, 1.165) is 0 Å². The average Bonchev–Trinajstić information content (AvgIpc) is 3.08. The first-order valence-corrected chi connectivity index (χ1v) is 17.0. The first-order chi connectivity index (χ1) is 23.8. The number of nitrogens with zero attached hydrogens (tertiary/aromatic N) is 6. The number of allylic oxidation sites excluding steroid dienone is 3. The van der Waals surface area contributed by atoms with Crippen molar-refractivity contribution < 1.29 is 44.4 Å². The van der Waals surface area contributed by atoms with Gasteiger partial charge in [0.05, 0.1) is 0 Å². The van der Waals surface area contributed by atoms with Crippen LogP contribution in [0.15, 0.2) is 28.5 Å². The summed E-state index contributed by atoms with van der Waals surface area (Å²) >= 11 is 0. The summed E-state index contributed by atoms with van der Waals surface area (Å²) in [6, 6.07) is 0. The Hall–Kier alpha value is -4.51. The second kappa shape index (κ2) is 28.3. The van der Waals surface area contributed by atoms with E-state index in [1.165, 1.54) is 6.92 Å². The van der Waals surface area contributed by atoms with Gasteiger partial charge in [0, 0.05) is 88.1 Å². The van der Waals surface area contributed by atoms with Crippen LogP contribution in [0.4, 0.5) is 0 Å². The van der Waals surface area contributed by atoms with E-state index in [4.69, 9.17) is 5.53 Å². The van der Waals surface area contributed by atoms with Gasteiger partial charge < -0.3 is 16.0 Å². The van der Waals surface area contributed by atoms with Gasteiger partial charge in [-0.1, -0.05) is 17.3 Å². The van der Waals surface area contributed by atoms with Crippen LogP contribution in [0.25, 0.3) is 10.4 Å². The van der Waals surface area contributed by atoms with Crippen LogP contribution >= 0.6 is 0 Å². The fourth-order valence-electron chi connectivity index (χ4n) is 4.19.